The molecule has 0 fully saturated rings. The summed E-state index contributed by atoms with van der Waals surface area (Å²) in [6.07, 6.45) is 1.61. The minimum Gasteiger partial charge on any atom is -0.462 e. The van der Waals surface area contributed by atoms with Crippen molar-refractivity contribution in [3.05, 3.63) is 90.3 Å². The number of aliphatic hydroxyl groups is 1. The molecular weight excluding hydrogens is 626 g/mol. The van der Waals surface area contributed by atoms with Gasteiger partial charge < -0.3 is 35.8 Å². The number of hydrogen-bond donors (Lipinski definition) is 4. The minimum absolute atomic E-state index is 0.00822. The standard InChI is InChI=1S/C37H47N5O7/c1-5-48-35(45)37(47,19-11-12-25(2)3)40-33(43)32(39-36(46)49-23-27-13-7-6-8-14-27)21-31-22-41(34(44)26(4)38)24-42(31)30-18-17-28-15-9-10-16-29(28)20-30/h6-10,13-18,20,22,25-26,32,47H,5,11-12,19,21,23-24,38H2,1-4H3,(H,39,46)(H,40,43)/t26-,32?,37?/m0/s1. The van der Waals surface area contributed by atoms with Crippen LogP contribution in [0, 0.1) is 5.92 Å². The van der Waals surface area contributed by atoms with Gasteiger partial charge in [-0.15, -0.1) is 0 Å². The van der Waals surface area contributed by atoms with E-state index in [0.29, 0.717) is 24.5 Å². The SMILES string of the molecule is CCOC(=O)C(O)(CCCC(C)C)NC(=O)C(CC1=CN(C(=O)[C@H](C)N)CN1c1ccc2ccccc2c1)NC(=O)OCc1ccccc1. The van der Waals surface area contributed by atoms with Crippen molar-refractivity contribution in [3.63, 3.8) is 0 Å². The van der Waals surface area contributed by atoms with Crippen molar-refractivity contribution in [3.8, 4) is 0 Å². The highest BCUT2D eigenvalue weighted by molar-refractivity contribution is 5.92. The van der Waals surface area contributed by atoms with Crippen molar-refractivity contribution in [2.45, 2.75) is 77.8 Å². The molecule has 1 heterocycles. The summed E-state index contributed by atoms with van der Waals surface area (Å²) in [5, 5.41) is 18.5. The molecule has 1 aliphatic rings. The van der Waals surface area contributed by atoms with Crippen molar-refractivity contribution in [1.29, 1.82) is 0 Å². The fraction of sp³-hybridized carbons (Fsp3) is 0.405. The van der Waals surface area contributed by atoms with Gasteiger partial charge in [-0.25, -0.2) is 9.59 Å². The minimum atomic E-state index is -2.34. The number of fused-ring (bicyclic) bond motifs is 1. The van der Waals surface area contributed by atoms with E-state index in [1.807, 2.05) is 79.4 Å². The summed E-state index contributed by atoms with van der Waals surface area (Å²) in [4.78, 5) is 56.5. The van der Waals surface area contributed by atoms with Crippen molar-refractivity contribution >= 4 is 40.3 Å². The Morgan fingerprint density at radius 3 is 2.33 bits per heavy atom. The number of anilines is 1. The average molecular weight is 674 g/mol. The number of nitrogens with zero attached hydrogens (tertiary/aromatic N) is 2. The summed E-state index contributed by atoms with van der Waals surface area (Å²) in [6.45, 7) is 7.27. The summed E-state index contributed by atoms with van der Waals surface area (Å²) in [5.74, 6) is -1.87. The number of carbonyl (C=O) groups excluding carboxylic acids is 4. The molecule has 3 atom stereocenters. The van der Waals surface area contributed by atoms with Gasteiger partial charge in [0.25, 0.3) is 0 Å². The predicted molar refractivity (Wildman–Crippen MR) is 186 cm³/mol. The molecule has 0 aromatic heterocycles. The molecule has 0 aliphatic carbocycles. The smallest absolute Gasteiger partial charge is 0.408 e. The zero-order chi connectivity index (χ0) is 35.6. The highest BCUT2D eigenvalue weighted by atomic mass is 16.6. The van der Waals surface area contributed by atoms with Crippen LogP contribution in [-0.4, -0.2) is 65.0 Å². The van der Waals surface area contributed by atoms with Crippen LogP contribution in [0.3, 0.4) is 0 Å². The maximum absolute atomic E-state index is 14.0. The van der Waals surface area contributed by atoms with E-state index in [0.717, 1.165) is 22.0 Å². The quantitative estimate of drug-likeness (QED) is 0.134. The van der Waals surface area contributed by atoms with Gasteiger partial charge in [0.05, 0.1) is 12.6 Å². The maximum atomic E-state index is 14.0. The lowest BCUT2D eigenvalue weighted by molar-refractivity contribution is -0.172. The monoisotopic (exact) mass is 673 g/mol. The topological polar surface area (TPSA) is 164 Å². The van der Waals surface area contributed by atoms with Gasteiger partial charge >= 0.3 is 12.1 Å². The molecule has 262 valence electrons. The summed E-state index contributed by atoms with van der Waals surface area (Å²) >= 11 is 0. The number of nitrogens with two attached hydrogens (primary N) is 1. The lowest BCUT2D eigenvalue weighted by Gasteiger charge is -2.30. The Labute approximate surface area is 287 Å². The van der Waals surface area contributed by atoms with Gasteiger partial charge in [0.1, 0.15) is 19.3 Å². The second-order valence-corrected chi connectivity index (χ2v) is 12.6. The van der Waals surface area contributed by atoms with E-state index < -0.39 is 35.8 Å². The van der Waals surface area contributed by atoms with E-state index in [9.17, 15) is 24.3 Å². The molecule has 3 aromatic rings. The van der Waals surface area contributed by atoms with Gasteiger partial charge in [-0.3, -0.25) is 14.5 Å². The lowest BCUT2D eigenvalue weighted by atomic mass is 9.99. The number of alkyl carbamates (subject to hydrolysis) is 1. The number of ether oxygens (including phenoxy) is 2. The molecule has 0 saturated carbocycles. The summed E-state index contributed by atoms with van der Waals surface area (Å²) < 4.78 is 10.6. The molecule has 5 N–H and O–H groups in total. The Morgan fingerprint density at radius 2 is 1.65 bits per heavy atom. The molecule has 12 nitrogen and oxygen atoms in total. The first kappa shape index (κ1) is 36.9. The molecular formula is C37H47N5O7. The zero-order valence-electron chi connectivity index (χ0n) is 28.6. The molecule has 0 bridgehead atoms. The number of hydrogen-bond acceptors (Lipinski definition) is 9. The highest BCUT2D eigenvalue weighted by Gasteiger charge is 2.41. The molecule has 2 unspecified atom stereocenters. The first-order valence-electron chi connectivity index (χ1n) is 16.6. The van der Waals surface area contributed by atoms with Gasteiger partial charge in [-0.05, 0) is 54.7 Å². The second-order valence-electron chi connectivity index (χ2n) is 12.6. The Morgan fingerprint density at radius 1 is 0.959 bits per heavy atom. The number of esters is 1. The average Bonchev–Trinajstić information content (AvgIpc) is 3.50. The molecule has 1 aliphatic heterocycles. The molecule has 0 saturated heterocycles. The Balaban J connectivity index is 1.66. The van der Waals surface area contributed by atoms with Crippen molar-refractivity contribution < 1.29 is 33.8 Å². The first-order chi connectivity index (χ1) is 23.4. The predicted octanol–water partition coefficient (Wildman–Crippen LogP) is 4.51. The van der Waals surface area contributed by atoms with E-state index in [-0.39, 0.29) is 38.6 Å². The number of carbonyl (C=O) groups is 4. The maximum Gasteiger partial charge on any atom is 0.408 e. The van der Waals surface area contributed by atoms with Crippen LogP contribution >= 0.6 is 0 Å². The molecule has 3 aromatic carbocycles. The van der Waals surface area contributed by atoms with Crippen LogP contribution in [0.5, 0.6) is 0 Å². The van der Waals surface area contributed by atoms with Crippen LogP contribution in [0.15, 0.2) is 84.7 Å². The van der Waals surface area contributed by atoms with Crippen LogP contribution in [0.25, 0.3) is 10.8 Å². The van der Waals surface area contributed by atoms with Gasteiger partial charge in [0.15, 0.2) is 0 Å². The fourth-order valence-corrected chi connectivity index (χ4v) is 5.53. The Bertz CT molecular complexity index is 1640. The van der Waals surface area contributed by atoms with E-state index in [1.165, 1.54) is 4.90 Å². The third-order valence-electron chi connectivity index (χ3n) is 8.16. The summed E-state index contributed by atoms with van der Waals surface area (Å²) in [6, 6.07) is 20.6. The van der Waals surface area contributed by atoms with E-state index in [1.54, 1.807) is 32.2 Å². The Kier molecular flexibility index (Phi) is 12.8. The van der Waals surface area contributed by atoms with Gasteiger partial charge in [-0.2, -0.15) is 0 Å². The molecule has 49 heavy (non-hydrogen) atoms. The number of nitrogens with one attached hydrogen (secondary N) is 2. The lowest BCUT2D eigenvalue weighted by Crippen LogP contribution is -2.60. The summed E-state index contributed by atoms with van der Waals surface area (Å²) in [7, 11) is 0. The molecule has 0 radical (unpaired) electrons. The van der Waals surface area contributed by atoms with Gasteiger partial charge in [0, 0.05) is 30.4 Å². The summed E-state index contributed by atoms with van der Waals surface area (Å²) in [5.41, 5.74) is 5.60. The molecule has 12 heteroatoms. The molecule has 3 amide bonds. The van der Waals surface area contributed by atoms with Crippen molar-refractivity contribution in [2.75, 3.05) is 18.2 Å². The highest BCUT2D eigenvalue weighted by Crippen LogP contribution is 2.31. The van der Waals surface area contributed by atoms with E-state index >= 15 is 0 Å². The number of amides is 3. The van der Waals surface area contributed by atoms with Crippen LogP contribution in [-0.2, 0) is 30.5 Å². The third kappa shape index (κ3) is 10.0. The first-order valence-corrected chi connectivity index (χ1v) is 16.6. The fourth-order valence-electron chi connectivity index (χ4n) is 5.53. The van der Waals surface area contributed by atoms with Crippen LogP contribution < -0.4 is 21.3 Å². The number of rotatable bonds is 15. The van der Waals surface area contributed by atoms with E-state index in [4.69, 9.17) is 15.2 Å². The molecule has 4 rings (SSSR count). The third-order valence-corrected chi connectivity index (χ3v) is 8.16. The van der Waals surface area contributed by atoms with Crippen LogP contribution in [0.1, 0.15) is 58.9 Å². The van der Waals surface area contributed by atoms with Crippen LogP contribution in [0.4, 0.5) is 10.5 Å². The largest absolute Gasteiger partial charge is 0.462 e. The Hall–Kier alpha value is -4.94. The number of benzene rings is 3. The van der Waals surface area contributed by atoms with Gasteiger partial charge in [-0.1, -0.05) is 80.9 Å². The second kappa shape index (κ2) is 16.9. The van der Waals surface area contributed by atoms with E-state index in [2.05, 4.69) is 10.6 Å². The zero-order valence-corrected chi connectivity index (χ0v) is 28.6. The van der Waals surface area contributed by atoms with Crippen LogP contribution in [0.2, 0.25) is 0 Å². The van der Waals surface area contributed by atoms with Gasteiger partial charge in [0.2, 0.25) is 17.5 Å². The van der Waals surface area contributed by atoms with Crippen molar-refractivity contribution in [1.82, 2.24) is 15.5 Å². The normalized spacial score (nSPS) is 15.3. The molecule has 0 spiro atoms. The van der Waals surface area contributed by atoms with Crippen molar-refractivity contribution in [2.24, 2.45) is 11.7 Å².